The van der Waals surface area contributed by atoms with E-state index in [1.54, 1.807) is 0 Å². The highest BCUT2D eigenvalue weighted by atomic mass is 79.9. The minimum atomic E-state index is 0.597. The molecule has 0 aromatic heterocycles. The van der Waals surface area contributed by atoms with Crippen LogP contribution in [0.4, 0.5) is 0 Å². The van der Waals surface area contributed by atoms with E-state index in [1.165, 1.54) is 5.56 Å². The maximum absolute atomic E-state index is 5.54. The van der Waals surface area contributed by atoms with E-state index in [-0.39, 0.29) is 0 Å². The summed E-state index contributed by atoms with van der Waals surface area (Å²) in [5, 5.41) is 0. The Bertz CT molecular complexity index is 385. The molecule has 0 fully saturated rings. The Labute approximate surface area is 119 Å². The van der Waals surface area contributed by atoms with Crippen LogP contribution < -0.4 is 4.74 Å². The third-order valence-corrected chi connectivity index (χ3v) is 3.66. The first-order valence-electron chi connectivity index (χ1n) is 6.80. The summed E-state index contributed by atoms with van der Waals surface area (Å²) in [6.07, 6.45) is 7.92. The first-order valence-corrected chi connectivity index (χ1v) is 7.59. The molecule has 18 heavy (non-hydrogen) atoms. The first-order chi connectivity index (χ1) is 8.72. The maximum atomic E-state index is 5.54. The fraction of sp³-hybridized carbons (Fsp3) is 0.500. The second-order valence-electron chi connectivity index (χ2n) is 4.34. The minimum Gasteiger partial charge on any atom is -0.493 e. The monoisotopic (exact) mass is 310 g/mol. The Morgan fingerprint density at radius 1 is 1.22 bits per heavy atom. The topological polar surface area (TPSA) is 9.23 Å². The Hall–Kier alpha value is -0.760. The molecule has 0 N–H and O–H groups in total. The van der Waals surface area contributed by atoms with Crippen LogP contribution in [0.1, 0.15) is 51.5 Å². The summed E-state index contributed by atoms with van der Waals surface area (Å²) in [7, 11) is 0. The number of ether oxygens (including phenoxy) is 1. The zero-order valence-electron chi connectivity index (χ0n) is 11.6. The molecular weight excluding hydrogens is 288 g/mol. The third kappa shape index (κ3) is 4.49. The summed E-state index contributed by atoms with van der Waals surface area (Å²) in [6.45, 7) is 7.12. The predicted octanol–water partition coefficient (Wildman–Crippen LogP) is 5.70. The molecule has 0 aliphatic rings. The molecule has 1 aromatic rings. The van der Waals surface area contributed by atoms with Crippen molar-refractivity contribution in [2.75, 3.05) is 6.61 Å². The number of hydrogen-bond acceptors (Lipinski definition) is 1. The van der Waals surface area contributed by atoms with Crippen LogP contribution in [0.25, 0.3) is 0 Å². The van der Waals surface area contributed by atoms with Crippen molar-refractivity contribution in [2.45, 2.75) is 46.0 Å². The predicted molar refractivity (Wildman–Crippen MR) is 82.4 cm³/mol. The summed E-state index contributed by atoms with van der Waals surface area (Å²) in [4.78, 5) is 0. The SMILES string of the molecule is CC/C=C\CC(CC)c1ccc(OCC)c(Br)c1. The van der Waals surface area contributed by atoms with E-state index in [1.807, 2.05) is 6.92 Å². The van der Waals surface area contributed by atoms with E-state index in [9.17, 15) is 0 Å². The smallest absolute Gasteiger partial charge is 0.133 e. The van der Waals surface area contributed by atoms with Gasteiger partial charge in [-0.1, -0.05) is 32.1 Å². The molecule has 0 radical (unpaired) electrons. The number of rotatable bonds is 7. The van der Waals surface area contributed by atoms with Gasteiger partial charge in [-0.3, -0.25) is 0 Å². The van der Waals surface area contributed by atoms with Crippen molar-refractivity contribution in [1.29, 1.82) is 0 Å². The van der Waals surface area contributed by atoms with Crippen molar-refractivity contribution in [1.82, 2.24) is 0 Å². The van der Waals surface area contributed by atoms with Gasteiger partial charge >= 0.3 is 0 Å². The third-order valence-electron chi connectivity index (χ3n) is 3.04. The molecule has 1 unspecified atom stereocenters. The molecule has 0 bridgehead atoms. The van der Waals surface area contributed by atoms with E-state index >= 15 is 0 Å². The Morgan fingerprint density at radius 2 is 2.00 bits per heavy atom. The molecule has 1 atom stereocenters. The van der Waals surface area contributed by atoms with Crippen molar-refractivity contribution in [3.8, 4) is 5.75 Å². The number of allylic oxidation sites excluding steroid dienone is 2. The lowest BCUT2D eigenvalue weighted by atomic mass is 9.93. The molecule has 1 rings (SSSR count). The Morgan fingerprint density at radius 3 is 2.56 bits per heavy atom. The van der Waals surface area contributed by atoms with Crippen molar-refractivity contribution in [3.63, 3.8) is 0 Å². The normalized spacial score (nSPS) is 12.9. The Kier molecular flexibility index (Phi) is 7.11. The van der Waals surface area contributed by atoms with Crippen LogP contribution >= 0.6 is 15.9 Å². The van der Waals surface area contributed by atoms with Crippen LogP contribution in [0.2, 0.25) is 0 Å². The Balaban J connectivity index is 2.80. The zero-order valence-corrected chi connectivity index (χ0v) is 13.2. The van der Waals surface area contributed by atoms with Gasteiger partial charge in [0, 0.05) is 0 Å². The molecule has 100 valence electrons. The second kappa shape index (κ2) is 8.36. The molecule has 0 amide bonds. The molecule has 0 heterocycles. The number of benzene rings is 1. The fourth-order valence-corrected chi connectivity index (χ4v) is 2.52. The molecular formula is C16H23BrO. The van der Waals surface area contributed by atoms with Gasteiger partial charge in [-0.25, -0.2) is 0 Å². The fourth-order valence-electron chi connectivity index (χ4n) is 2.01. The van der Waals surface area contributed by atoms with E-state index in [4.69, 9.17) is 4.74 Å². The molecule has 1 nitrogen and oxygen atoms in total. The highest BCUT2D eigenvalue weighted by Gasteiger charge is 2.10. The summed E-state index contributed by atoms with van der Waals surface area (Å²) in [5.74, 6) is 1.53. The van der Waals surface area contributed by atoms with Gasteiger partial charge < -0.3 is 4.74 Å². The van der Waals surface area contributed by atoms with Crippen LogP contribution in [-0.4, -0.2) is 6.61 Å². The van der Waals surface area contributed by atoms with Crippen LogP contribution in [0.3, 0.4) is 0 Å². The van der Waals surface area contributed by atoms with Crippen molar-refractivity contribution in [2.24, 2.45) is 0 Å². The average Bonchev–Trinajstić information content (AvgIpc) is 2.37. The minimum absolute atomic E-state index is 0.597. The van der Waals surface area contributed by atoms with E-state index in [0.717, 1.165) is 29.5 Å². The van der Waals surface area contributed by atoms with Gasteiger partial charge in [0.2, 0.25) is 0 Å². The summed E-state index contributed by atoms with van der Waals surface area (Å²) in [6, 6.07) is 6.44. The van der Waals surface area contributed by atoms with Crippen LogP contribution in [0.15, 0.2) is 34.8 Å². The van der Waals surface area contributed by atoms with Crippen molar-refractivity contribution < 1.29 is 4.74 Å². The summed E-state index contributed by atoms with van der Waals surface area (Å²) >= 11 is 3.58. The van der Waals surface area contributed by atoms with E-state index in [0.29, 0.717) is 12.5 Å². The maximum Gasteiger partial charge on any atom is 0.133 e. The lowest BCUT2D eigenvalue weighted by molar-refractivity contribution is 0.338. The van der Waals surface area contributed by atoms with Crippen molar-refractivity contribution in [3.05, 3.63) is 40.4 Å². The first kappa shape index (κ1) is 15.3. The number of hydrogen-bond donors (Lipinski definition) is 0. The lowest BCUT2D eigenvalue weighted by Gasteiger charge is -2.15. The van der Waals surface area contributed by atoms with E-state index < -0.39 is 0 Å². The summed E-state index contributed by atoms with van der Waals surface area (Å²) in [5.41, 5.74) is 1.38. The lowest BCUT2D eigenvalue weighted by Crippen LogP contribution is -1.98. The molecule has 0 saturated carbocycles. The van der Waals surface area contributed by atoms with Gasteiger partial charge in [0.25, 0.3) is 0 Å². The van der Waals surface area contributed by atoms with Gasteiger partial charge in [-0.05, 0) is 65.7 Å². The van der Waals surface area contributed by atoms with Gasteiger partial charge in [0.1, 0.15) is 5.75 Å². The average molecular weight is 311 g/mol. The molecule has 0 aliphatic heterocycles. The van der Waals surface area contributed by atoms with Crippen LogP contribution in [0, 0.1) is 0 Å². The highest BCUT2D eigenvalue weighted by molar-refractivity contribution is 9.10. The van der Waals surface area contributed by atoms with Gasteiger partial charge in [-0.15, -0.1) is 0 Å². The molecule has 0 aliphatic carbocycles. The highest BCUT2D eigenvalue weighted by Crippen LogP contribution is 2.31. The second-order valence-corrected chi connectivity index (χ2v) is 5.20. The van der Waals surface area contributed by atoms with Crippen LogP contribution in [-0.2, 0) is 0 Å². The quantitative estimate of drug-likeness (QED) is 0.587. The zero-order chi connectivity index (χ0) is 13.4. The summed E-state index contributed by atoms with van der Waals surface area (Å²) < 4.78 is 6.60. The van der Waals surface area contributed by atoms with Gasteiger partial charge in [0.15, 0.2) is 0 Å². The standard InChI is InChI=1S/C16H23BrO/c1-4-7-8-9-13(5-2)14-10-11-16(18-6-3)15(17)12-14/h7-8,10-13H,4-6,9H2,1-3H3/b8-7-. The number of halogens is 1. The van der Waals surface area contributed by atoms with Gasteiger partial charge in [0.05, 0.1) is 11.1 Å². The molecule has 0 spiro atoms. The van der Waals surface area contributed by atoms with Crippen molar-refractivity contribution >= 4 is 15.9 Å². The molecule has 1 aromatic carbocycles. The van der Waals surface area contributed by atoms with Crippen LogP contribution in [0.5, 0.6) is 5.75 Å². The largest absolute Gasteiger partial charge is 0.493 e. The van der Waals surface area contributed by atoms with E-state index in [2.05, 4.69) is 60.1 Å². The molecule has 2 heteroatoms. The van der Waals surface area contributed by atoms with Gasteiger partial charge in [-0.2, -0.15) is 0 Å². The molecule has 0 saturated heterocycles.